The Morgan fingerprint density at radius 3 is 2.71 bits per heavy atom. The average molecular weight is 475 g/mol. The number of fused-ring (bicyclic) bond motifs is 2. The molecule has 3 aliphatic heterocycles. The van der Waals surface area contributed by atoms with Gasteiger partial charge in [-0.25, -0.2) is 0 Å². The average Bonchev–Trinajstić information content (AvgIpc) is 3.40. The lowest BCUT2D eigenvalue weighted by Gasteiger charge is -2.29. The summed E-state index contributed by atoms with van der Waals surface area (Å²) in [6.07, 6.45) is 9.02. The van der Waals surface area contributed by atoms with E-state index in [0.29, 0.717) is 12.6 Å². The second kappa shape index (κ2) is 9.15. The Morgan fingerprint density at radius 2 is 1.94 bits per heavy atom. The fourth-order valence-electron chi connectivity index (χ4n) is 5.99. The van der Waals surface area contributed by atoms with E-state index in [2.05, 4.69) is 39.1 Å². The fourth-order valence-corrected chi connectivity index (χ4v) is 5.99. The number of benzene rings is 1. The van der Waals surface area contributed by atoms with Crippen LogP contribution in [0.15, 0.2) is 30.6 Å². The van der Waals surface area contributed by atoms with Gasteiger partial charge in [0, 0.05) is 82.8 Å². The third-order valence-corrected chi connectivity index (χ3v) is 7.87. The molecule has 8 heteroatoms. The van der Waals surface area contributed by atoms with Crippen LogP contribution in [0.25, 0.3) is 11.3 Å². The largest absolute Gasteiger partial charge is 0.381 e. The Hall–Kier alpha value is -3.13. The van der Waals surface area contributed by atoms with Crippen molar-refractivity contribution in [1.82, 2.24) is 24.5 Å². The van der Waals surface area contributed by atoms with Crippen LogP contribution in [-0.4, -0.2) is 56.7 Å². The lowest BCUT2D eigenvalue weighted by molar-refractivity contribution is -0.129. The van der Waals surface area contributed by atoms with Crippen LogP contribution in [0, 0.1) is 0 Å². The van der Waals surface area contributed by atoms with Crippen molar-refractivity contribution >= 4 is 11.6 Å². The summed E-state index contributed by atoms with van der Waals surface area (Å²) >= 11 is 0. The minimum atomic E-state index is 0.138. The quantitative estimate of drug-likeness (QED) is 0.581. The molecule has 0 unspecified atom stereocenters. The zero-order valence-corrected chi connectivity index (χ0v) is 20.7. The van der Waals surface area contributed by atoms with Crippen LogP contribution in [0.4, 0.5) is 5.69 Å². The molecule has 0 N–H and O–H groups in total. The van der Waals surface area contributed by atoms with E-state index in [-0.39, 0.29) is 5.91 Å². The number of ether oxygens (including phenoxy) is 1. The number of nitrogens with zero attached hydrogens (tertiary/aromatic N) is 6. The summed E-state index contributed by atoms with van der Waals surface area (Å²) in [5, 5.41) is 9.68. The molecule has 1 amide bonds. The summed E-state index contributed by atoms with van der Waals surface area (Å²) in [6.45, 7) is 6.55. The van der Waals surface area contributed by atoms with E-state index in [9.17, 15) is 4.79 Å². The van der Waals surface area contributed by atoms with Gasteiger partial charge in [0.25, 0.3) is 0 Å². The van der Waals surface area contributed by atoms with Crippen LogP contribution in [0.1, 0.15) is 54.6 Å². The summed E-state index contributed by atoms with van der Waals surface area (Å²) < 4.78 is 9.80. The van der Waals surface area contributed by atoms with Crippen LogP contribution in [0.2, 0.25) is 0 Å². The van der Waals surface area contributed by atoms with Crippen molar-refractivity contribution in [3.8, 4) is 11.3 Å². The number of aromatic nitrogens is 4. The molecule has 0 bridgehead atoms. The van der Waals surface area contributed by atoms with Crippen molar-refractivity contribution in [2.24, 2.45) is 7.05 Å². The number of rotatable bonds is 3. The maximum Gasteiger partial charge on any atom is 0.219 e. The second-order valence-electron chi connectivity index (χ2n) is 10.1. The summed E-state index contributed by atoms with van der Waals surface area (Å²) in [6, 6.07) is 7.05. The molecule has 6 rings (SSSR count). The van der Waals surface area contributed by atoms with E-state index in [1.807, 2.05) is 22.8 Å². The highest BCUT2D eigenvalue weighted by Gasteiger charge is 2.31. The van der Waals surface area contributed by atoms with Crippen molar-refractivity contribution in [3.05, 3.63) is 53.0 Å². The molecule has 0 aliphatic carbocycles. The van der Waals surface area contributed by atoms with E-state index < -0.39 is 0 Å². The predicted molar refractivity (Wildman–Crippen MR) is 134 cm³/mol. The van der Waals surface area contributed by atoms with Gasteiger partial charge in [-0.3, -0.25) is 14.2 Å². The van der Waals surface area contributed by atoms with E-state index >= 15 is 0 Å². The summed E-state index contributed by atoms with van der Waals surface area (Å²) in [7, 11) is 1.97. The molecule has 8 nitrogen and oxygen atoms in total. The van der Waals surface area contributed by atoms with E-state index in [0.717, 1.165) is 70.6 Å². The number of aryl methyl sites for hydroxylation is 1. The molecule has 1 saturated heterocycles. The first-order chi connectivity index (χ1) is 17.1. The smallest absolute Gasteiger partial charge is 0.219 e. The molecule has 1 aromatic carbocycles. The highest BCUT2D eigenvalue weighted by Crippen LogP contribution is 2.38. The standard InChI is InChI=1S/C27H34N6O2/c1-19(34)31-12-8-26-25(18-31)27(29-33(26)21-9-13-35-14-10-21)24-6-3-5-20-16-32(11-4-7-23(20)24)22-15-28-30(2)17-22/h3,5-6,15,17,21H,4,7-14,16,18H2,1-2H3. The number of amides is 1. The van der Waals surface area contributed by atoms with Gasteiger partial charge in [0.15, 0.2) is 0 Å². The summed E-state index contributed by atoms with van der Waals surface area (Å²) in [4.78, 5) is 16.7. The topological polar surface area (TPSA) is 68.4 Å². The van der Waals surface area contributed by atoms with Crippen molar-refractivity contribution in [3.63, 3.8) is 0 Å². The highest BCUT2D eigenvalue weighted by molar-refractivity contribution is 5.75. The van der Waals surface area contributed by atoms with E-state index in [4.69, 9.17) is 9.84 Å². The third kappa shape index (κ3) is 4.14. The first-order valence-electron chi connectivity index (χ1n) is 12.9. The number of hydrogen-bond donors (Lipinski definition) is 0. The molecule has 0 atom stereocenters. The second-order valence-corrected chi connectivity index (χ2v) is 10.1. The van der Waals surface area contributed by atoms with Crippen LogP contribution in [0.5, 0.6) is 0 Å². The maximum absolute atomic E-state index is 12.3. The van der Waals surface area contributed by atoms with Crippen molar-refractivity contribution in [1.29, 1.82) is 0 Å². The van der Waals surface area contributed by atoms with Gasteiger partial charge in [-0.05, 0) is 36.8 Å². The first kappa shape index (κ1) is 22.3. The normalized spacial score (nSPS) is 18.8. The SMILES string of the molecule is CC(=O)N1CCc2c(c(-c3cccc4c3CCCN(c3cnn(C)c3)C4)nn2C2CCOCC2)C1. The molecule has 35 heavy (non-hydrogen) atoms. The maximum atomic E-state index is 12.3. The Bertz CT molecular complexity index is 1240. The molecule has 0 radical (unpaired) electrons. The van der Waals surface area contributed by atoms with Gasteiger partial charge in [0.05, 0.1) is 23.6 Å². The Balaban J connectivity index is 1.42. The van der Waals surface area contributed by atoms with Crippen LogP contribution in [-0.2, 0) is 42.5 Å². The van der Waals surface area contributed by atoms with Crippen LogP contribution in [0.3, 0.4) is 0 Å². The third-order valence-electron chi connectivity index (χ3n) is 7.87. The Morgan fingerprint density at radius 1 is 1.09 bits per heavy atom. The Kier molecular flexibility index (Phi) is 5.84. The zero-order valence-electron chi connectivity index (χ0n) is 20.7. The predicted octanol–water partition coefficient (Wildman–Crippen LogP) is 3.49. The number of carbonyl (C=O) groups excluding carboxylic acids is 1. The van der Waals surface area contributed by atoms with Gasteiger partial charge in [0.2, 0.25) is 5.91 Å². The van der Waals surface area contributed by atoms with E-state index in [1.165, 1.54) is 33.6 Å². The van der Waals surface area contributed by atoms with Gasteiger partial charge >= 0.3 is 0 Å². The number of carbonyl (C=O) groups is 1. The molecule has 3 aliphatic rings. The lowest BCUT2D eigenvalue weighted by atomic mass is 9.92. The lowest BCUT2D eigenvalue weighted by Crippen LogP contribution is -2.35. The molecule has 1 fully saturated rings. The molecule has 0 spiro atoms. The fraction of sp³-hybridized carbons (Fsp3) is 0.519. The summed E-state index contributed by atoms with van der Waals surface area (Å²) in [5.41, 5.74) is 8.79. The molecular weight excluding hydrogens is 440 g/mol. The molecule has 0 saturated carbocycles. The molecule has 2 aromatic heterocycles. The number of anilines is 1. The highest BCUT2D eigenvalue weighted by atomic mass is 16.5. The van der Waals surface area contributed by atoms with Crippen molar-refractivity contribution in [2.75, 3.05) is 31.2 Å². The van der Waals surface area contributed by atoms with Crippen LogP contribution >= 0.6 is 0 Å². The number of hydrogen-bond acceptors (Lipinski definition) is 5. The van der Waals surface area contributed by atoms with E-state index in [1.54, 1.807) is 6.92 Å². The summed E-state index contributed by atoms with van der Waals surface area (Å²) in [5.74, 6) is 0.138. The first-order valence-corrected chi connectivity index (χ1v) is 12.9. The van der Waals surface area contributed by atoms with Gasteiger partial charge < -0.3 is 14.5 Å². The minimum absolute atomic E-state index is 0.138. The van der Waals surface area contributed by atoms with Crippen molar-refractivity contribution < 1.29 is 9.53 Å². The molecule has 184 valence electrons. The van der Waals surface area contributed by atoms with Gasteiger partial charge in [0.1, 0.15) is 0 Å². The van der Waals surface area contributed by atoms with Gasteiger partial charge in [-0.2, -0.15) is 10.2 Å². The van der Waals surface area contributed by atoms with Crippen molar-refractivity contribution in [2.45, 2.75) is 58.2 Å². The molecular formula is C27H34N6O2. The monoisotopic (exact) mass is 474 g/mol. The minimum Gasteiger partial charge on any atom is -0.381 e. The molecule has 3 aromatic rings. The Labute approximate surface area is 206 Å². The van der Waals surface area contributed by atoms with Gasteiger partial charge in [-0.1, -0.05) is 18.2 Å². The molecule has 5 heterocycles. The zero-order chi connectivity index (χ0) is 23.9. The van der Waals surface area contributed by atoms with Gasteiger partial charge in [-0.15, -0.1) is 0 Å². The van der Waals surface area contributed by atoms with Crippen LogP contribution < -0.4 is 4.90 Å².